The molecule has 2 rings (SSSR count). The molecule has 0 aromatic heterocycles. The Morgan fingerprint density at radius 1 is 1.15 bits per heavy atom. The van der Waals surface area contributed by atoms with E-state index in [-0.39, 0.29) is 28.1 Å². The number of hydrogen-bond donors (Lipinski definition) is 1. The third-order valence-electron chi connectivity index (χ3n) is 4.05. The van der Waals surface area contributed by atoms with Crippen molar-refractivity contribution in [3.8, 4) is 0 Å². The minimum absolute atomic E-state index is 0.122. The maximum absolute atomic E-state index is 12.6. The molecule has 26 heavy (non-hydrogen) atoms. The number of alkyl halides is 3. The van der Waals surface area contributed by atoms with E-state index >= 15 is 0 Å². The molecule has 0 saturated carbocycles. The Bertz CT molecular complexity index is 867. The second-order valence-electron chi connectivity index (χ2n) is 6.54. The smallest absolute Gasteiger partial charge is 0.380 e. The van der Waals surface area contributed by atoms with Gasteiger partial charge in [-0.3, -0.25) is 4.90 Å². The summed E-state index contributed by atoms with van der Waals surface area (Å²) >= 11 is 0. The first kappa shape index (κ1) is 21.0. The van der Waals surface area contributed by atoms with Crippen LogP contribution in [-0.2, 0) is 19.7 Å². The van der Waals surface area contributed by atoms with E-state index in [0.29, 0.717) is 19.4 Å². The summed E-state index contributed by atoms with van der Waals surface area (Å²) in [6.45, 7) is -0.572. The second-order valence-corrected chi connectivity index (χ2v) is 10.5. The molecule has 1 atom stereocenters. The first-order valence-electron chi connectivity index (χ1n) is 7.85. The average molecular weight is 414 g/mol. The number of hydrogen-bond acceptors (Lipinski definition) is 6. The lowest BCUT2D eigenvalue weighted by Gasteiger charge is -2.34. The van der Waals surface area contributed by atoms with Gasteiger partial charge < -0.3 is 5.32 Å². The molecule has 1 heterocycles. The van der Waals surface area contributed by atoms with Crippen LogP contribution in [0.2, 0.25) is 0 Å². The molecular weight excluding hydrogens is 393 g/mol. The molecule has 0 spiro atoms. The van der Waals surface area contributed by atoms with E-state index in [0.717, 1.165) is 18.6 Å². The summed E-state index contributed by atoms with van der Waals surface area (Å²) in [5, 5.41) is 2.97. The summed E-state index contributed by atoms with van der Waals surface area (Å²) in [6.07, 6.45) is -1.24. The van der Waals surface area contributed by atoms with Crippen LogP contribution in [0.4, 0.5) is 18.9 Å². The van der Waals surface area contributed by atoms with Crippen molar-refractivity contribution in [1.82, 2.24) is 4.90 Å². The summed E-state index contributed by atoms with van der Waals surface area (Å²) in [5.74, 6) is 0. The van der Waals surface area contributed by atoms with Crippen LogP contribution in [-0.4, -0.2) is 66.1 Å². The maximum Gasteiger partial charge on any atom is 0.401 e. The molecule has 1 aliphatic heterocycles. The van der Waals surface area contributed by atoms with Gasteiger partial charge in [-0.15, -0.1) is 0 Å². The number of benzene rings is 1. The molecule has 11 heteroatoms. The van der Waals surface area contributed by atoms with Crippen LogP contribution in [0.25, 0.3) is 0 Å². The Labute approximate surface area is 151 Å². The van der Waals surface area contributed by atoms with Gasteiger partial charge in [0.25, 0.3) is 0 Å². The molecule has 1 aliphatic rings. The zero-order valence-corrected chi connectivity index (χ0v) is 16.0. The van der Waals surface area contributed by atoms with Crippen molar-refractivity contribution in [2.75, 3.05) is 37.5 Å². The molecule has 0 unspecified atom stereocenters. The number of nitrogens with one attached hydrogen (secondary N) is 1. The van der Waals surface area contributed by atoms with Crippen LogP contribution < -0.4 is 5.32 Å². The molecule has 1 aromatic rings. The first-order valence-corrected chi connectivity index (χ1v) is 11.6. The van der Waals surface area contributed by atoms with Gasteiger partial charge in [0.1, 0.15) is 0 Å². The van der Waals surface area contributed by atoms with Crippen molar-refractivity contribution >= 4 is 25.4 Å². The van der Waals surface area contributed by atoms with Gasteiger partial charge in [0.05, 0.1) is 22.0 Å². The average Bonchev–Trinajstić information content (AvgIpc) is 2.43. The van der Waals surface area contributed by atoms with Crippen LogP contribution in [0.3, 0.4) is 0 Å². The summed E-state index contributed by atoms with van der Waals surface area (Å²) in [4.78, 5) is 0.950. The Hall–Kier alpha value is -1.33. The van der Waals surface area contributed by atoms with E-state index in [2.05, 4.69) is 5.32 Å². The highest BCUT2D eigenvalue weighted by molar-refractivity contribution is 7.91. The van der Waals surface area contributed by atoms with Crippen molar-refractivity contribution in [3.05, 3.63) is 18.2 Å². The van der Waals surface area contributed by atoms with Gasteiger partial charge in [-0.05, 0) is 37.6 Å². The van der Waals surface area contributed by atoms with E-state index < -0.39 is 32.4 Å². The maximum atomic E-state index is 12.6. The van der Waals surface area contributed by atoms with Crippen LogP contribution in [0.5, 0.6) is 0 Å². The summed E-state index contributed by atoms with van der Waals surface area (Å²) in [7, 11) is -7.32. The number of anilines is 1. The van der Waals surface area contributed by atoms with Gasteiger partial charge >= 0.3 is 6.18 Å². The number of sulfone groups is 2. The van der Waals surface area contributed by atoms with E-state index in [1.54, 1.807) is 0 Å². The van der Waals surface area contributed by atoms with Crippen LogP contribution in [0, 0.1) is 0 Å². The largest absolute Gasteiger partial charge is 0.401 e. The van der Waals surface area contributed by atoms with Crippen LogP contribution >= 0.6 is 0 Å². The Morgan fingerprint density at radius 3 is 2.35 bits per heavy atom. The van der Waals surface area contributed by atoms with Gasteiger partial charge in [0.2, 0.25) is 0 Å². The number of nitrogens with zero attached hydrogens (tertiary/aromatic N) is 1. The lowest BCUT2D eigenvalue weighted by atomic mass is 10.1. The van der Waals surface area contributed by atoms with E-state index in [1.165, 1.54) is 17.0 Å². The third kappa shape index (κ3) is 5.85. The number of likely N-dealkylation sites (tertiary alicyclic amines) is 1. The fraction of sp³-hybridized carbons (Fsp3) is 0.600. The van der Waals surface area contributed by atoms with Gasteiger partial charge in [0, 0.05) is 25.1 Å². The van der Waals surface area contributed by atoms with Gasteiger partial charge in [0.15, 0.2) is 19.7 Å². The number of rotatable bonds is 5. The summed E-state index contributed by atoms with van der Waals surface area (Å²) in [6, 6.07) is 3.33. The molecule has 6 nitrogen and oxygen atoms in total. The number of halogens is 3. The van der Waals surface area contributed by atoms with Gasteiger partial charge in [-0.1, -0.05) is 0 Å². The summed E-state index contributed by atoms with van der Waals surface area (Å²) in [5.41, 5.74) is 0.193. The van der Waals surface area contributed by atoms with Crippen molar-refractivity contribution in [1.29, 1.82) is 0 Å². The van der Waals surface area contributed by atoms with Crippen molar-refractivity contribution in [3.63, 3.8) is 0 Å². The minimum Gasteiger partial charge on any atom is -0.380 e. The molecule has 1 saturated heterocycles. The zero-order chi connectivity index (χ0) is 19.8. The zero-order valence-electron chi connectivity index (χ0n) is 14.4. The van der Waals surface area contributed by atoms with Crippen molar-refractivity contribution in [2.24, 2.45) is 0 Å². The van der Waals surface area contributed by atoms with Gasteiger partial charge in [-0.2, -0.15) is 13.2 Å². The summed E-state index contributed by atoms with van der Waals surface area (Å²) < 4.78 is 85.1. The monoisotopic (exact) mass is 414 g/mol. The predicted molar refractivity (Wildman–Crippen MR) is 91.8 cm³/mol. The fourth-order valence-corrected chi connectivity index (χ4v) is 4.54. The Kier molecular flexibility index (Phi) is 5.93. The topological polar surface area (TPSA) is 83.6 Å². The first-order chi connectivity index (χ1) is 11.8. The molecule has 1 fully saturated rings. The molecular formula is C15H21F3N2O4S2. The van der Waals surface area contributed by atoms with Crippen LogP contribution in [0.15, 0.2) is 28.0 Å². The normalized spacial score (nSPS) is 20.1. The highest BCUT2D eigenvalue weighted by Gasteiger charge is 2.33. The molecule has 0 bridgehead atoms. The van der Waals surface area contributed by atoms with E-state index in [9.17, 15) is 30.0 Å². The fourth-order valence-electron chi connectivity index (χ4n) is 2.95. The molecule has 0 radical (unpaired) electrons. The molecule has 0 aliphatic carbocycles. The predicted octanol–water partition coefficient (Wildman–Crippen LogP) is 1.93. The standard InChI is InChI=1S/C15H21F3N2O4S2/c1-25(21,22)12-5-6-13(14(8-12)26(2,23)24)19-11-4-3-7-20(9-11)10-15(16,17)18/h5-6,8,11,19H,3-4,7,9-10H2,1-2H3/t11-/m0/s1. The highest BCUT2D eigenvalue weighted by atomic mass is 32.2. The SMILES string of the molecule is CS(=O)(=O)c1ccc(N[C@H]2CCCN(CC(F)(F)F)C2)c(S(C)(=O)=O)c1. The van der Waals surface area contributed by atoms with Gasteiger partial charge in [-0.25, -0.2) is 16.8 Å². The van der Waals surface area contributed by atoms with E-state index in [1.807, 2.05) is 0 Å². The Morgan fingerprint density at radius 2 is 1.81 bits per heavy atom. The lowest BCUT2D eigenvalue weighted by Crippen LogP contribution is -2.45. The highest BCUT2D eigenvalue weighted by Crippen LogP contribution is 2.28. The molecule has 1 aromatic carbocycles. The van der Waals surface area contributed by atoms with Crippen molar-refractivity contribution in [2.45, 2.75) is 34.9 Å². The van der Waals surface area contributed by atoms with Crippen LogP contribution in [0.1, 0.15) is 12.8 Å². The molecule has 1 N–H and O–H groups in total. The molecule has 148 valence electrons. The molecule has 0 amide bonds. The number of piperidine rings is 1. The second kappa shape index (κ2) is 7.35. The Balaban J connectivity index is 2.26. The van der Waals surface area contributed by atoms with Crippen molar-refractivity contribution < 1.29 is 30.0 Å². The van der Waals surface area contributed by atoms with E-state index in [4.69, 9.17) is 0 Å². The minimum atomic E-state index is -4.29. The quantitative estimate of drug-likeness (QED) is 0.793. The third-order valence-corrected chi connectivity index (χ3v) is 6.30. The lowest BCUT2D eigenvalue weighted by molar-refractivity contribution is -0.147.